The highest BCUT2D eigenvalue weighted by Gasteiger charge is 2.50. The molecule has 1 N–H and O–H groups in total. The lowest BCUT2D eigenvalue weighted by Crippen LogP contribution is -2.35. The van der Waals surface area contributed by atoms with E-state index in [1.54, 1.807) is 56.3 Å². The van der Waals surface area contributed by atoms with Gasteiger partial charge in [-0.05, 0) is 61.6 Å². The van der Waals surface area contributed by atoms with Gasteiger partial charge in [0.25, 0.3) is 5.92 Å². The highest BCUT2D eigenvalue weighted by molar-refractivity contribution is 6.33. The molecule has 1 fully saturated rings. The Balaban J connectivity index is 1.86. The van der Waals surface area contributed by atoms with Gasteiger partial charge in [0.15, 0.2) is 0 Å². The van der Waals surface area contributed by atoms with E-state index in [9.17, 15) is 18.4 Å². The Hall–Kier alpha value is -2.18. The first kappa shape index (κ1) is 25.4. The summed E-state index contributed by atoms with van der Waals surface area (Å²) in [5.74, 6) is -6.37. The fourth-order valence-electron chi connectivity index (χ4n) is 4.33. The third-order valence-corrected chi connectivity index (χ3v) is 6.58. The van der Waals surface area contributed by atoms with E-state index in [4.69, 9.17) is 27.9 Å². The minimum atomic E-state index is -2.94. The summed E-state index contributed by atoms with van der Waals surface area (Å²) in [5, 5.41) is 3.49. The van der Waals surface area contributed by atoms with Crippen molar-refractivity contribution in [2.75, 3.05) is 11.9 Å². The first-order chi connectivity index (χ1) is 15.6. The molecule has 0 spiro atoms. The van der Waals surface area contributed by atoms with E-state index in [2.05, 4.69) is 5.32 Å². The van der Waals surface area contributed by atoms with Crippen LogP contribution < -0.4 is 5.32 Å². The van der Waals surface area contributed by atoms with Crippen LogP contribution in [-0.2, 0) is 20.7 Å². The predicted molar refractivity (Wildman–Crippen MR) is 126 cm³/mol. The second kappa shape index (κ2) is 10.8. The number of amides is 1. The molecule has 0 radical (unpaired) electrons. The standard InChI is InChI=1S/C25H27Cl2F2NO3/c1-3-33-24(32)15(2)13-16-6-11-20(27)21(14-16)30-23(31)22(17-7-9-18(26)10-8-17)19-5-4-12-25(19,28)29/h6-11,14-15,19,22H,3-5,12-13H2,1-2H3,(H,30,31). The minimum absolute atomic E-state index is 0.239. The minimum Gasteiger partial charge on any atom is -0.466 e. The molecule has 8 heteroatoms. The third-order valence-electron chi connectivity index (χ3n) is 6.00. The summed E-state index contributed by atoms with van der Waals surface area (Å²) in [5.41, 5.74) is 1.56. The largest absolute Gasteiger partial charge is 0.466 e. The van der Waals surface area contributed by atoms with Crippen LogP contribution in [0.5, 0.6) is 0 Å². The van der Waals surface area contributed by atoms with Crippen LogP contribution in [0.25, 0.3) is 0 Å². The number of hydrogen-bond acceptors (Lipinski definition) is 3. The van der Waals surface area contributed by atoms with E-state index >= 15 is 0 Å². The van der Waals surface area contributed by atoms with Gasteiger partial charge in [0, 0.05) is 17.4 Å². The van der Waals surface area contributed by atoms with Gasteiger partial charge in [0.2, 0.25) is 5.91 Å². The van der Waals surface area contributed by atoms with E-state index in [-0.39, 0.29) is 29.8 Å². The number of carbonyl (C=O) groups excluding carboxylic acids is 2. The van der Waals surface area contributed by atoms with E-state index in [1.807, 2.05) is 0 Å². The fourth-order valence-corrected chi connectivity index (χ4v) is 4.62. The number of hydrogen-bond donors (Lipinski definition) is 1. The highest BCUT2D eigenvalue weighted by Crippen LogP contribution is 2.48. The summed E-state index contributed by atoms with van der Waals surface area (Å²) in [6.45, 7) is 3.79. The Morgan fingerprint density at radius 1 is 1.18 bits per heavy atom. The molecule has 3 atom stereocenters. The maximum absolute atomic E-state index is 14.7. The number of rotatable bonds is 8. The van der Waals surface area contributed by atoms with Gasteiger partial charge in [-0.3, -0.25) is 9.59 Å². The van der Waals surface area contributed by atoms with Gasteiger partial charge in [-0.15, -0.1) is 0 Å². The molecule has 3 unspecified atom stereocenters. The normalized spacial score (nSPS) is 19.0. The summed E-state index contributed by atoms with van der Waals surface area (Å²) in [6.07, 6.45) is 0.757. The molecule has 1 aliphatic rings. The molecule has 4 nitrogen and oxygen atoms in total. The molecule has 33 heavy (non-hydrogen) atoms. The van der Waals surface area contributed by atoms with E-state index in [0.29, 0.717) is 35.7 Å². The van der Waals surface area contributed by atoms with Gasteiger partial charge >= 0.3 is 5.97 Å². The van der Waals surface area contributed by atoms with Crippen molar-refractivity contribution < 1.29 is 23.1 Å². The van der Waals surface area contributed by atoms with Crippen molar-refractivity contribution in [3.63, 3.8) is 0 Å². The lowest BCUT2D eigenvalue weighted by atomic mass is 9.82. The smallest absolute Gasteiger partial charge is 0.308 e. The SMILES string of the molecule is CCOC(=O)C(C)Cc1ccc(Cl)c(NC(=O)C(c2ccc(Cl)cc2)C2CCCC2(F)F)c1. The maximum Gasteiger partial charge on any atom is 0.308 e. The topological polar surface area (TPSA) is 55.4 Å². The predicted octanol–water partition coefficient (Wildman–Crippen LogP) is 6.89. The van der Waals surface area contributed by atoms with Gasteiger partial charge in [0.1, 0.15) is 0 Å². The molecular weight excluding hydrogens is 471 g/mol. The van der Waals surface area contributed by atoms with Crippen LogP contribution in [0.3, 0.4) is 0 Å². The number of anilines is 1. The molecule has 0 aromatic heterocycles. The fraction of sp³-hybridized carbons (Fsp3) is 0.440. The van der Waals surface area contributed by atoms with Crippen LogP contribution in [0.2, 0.25) is 10.0 Å². The van der Waals surface area contributed by atoms with Gasteiger partial charge in [-0.2, -0.15) is 0 Å². The molecule has 3 rings (SSSR count). The van der Waals surface area contributed by atoms with Gasteiger partial charge in [-0.25, -0.2) is 8.78 Å². The maximum atomic E-state index is 14.7. The summed E-state index contributed by atoms with van der Waals surface area (Å²) in [7, 11) is 0. The van der Waals surface area contributed by atoms with Crippen LogP contribution >= 0.6 is 23.2 Å². The summed E-state index contributed by atoms with van der Waals surface area (Å²) >= 11 is 12.3. The zero-order chi connectivity index (χ0) is 24.2. The quantitative estimate of drug-likeness (QED) is 0.403. The summed E-state index contributed by atoms with van der Waals surface area (Å²) in [6, 6.07) is 11.5. The second-order valence-electron chi connectivity index (χ2n) is 8.45. The number of benzene rings is 2. The highest BCUT2D eigenvalue weighted by atomic mass is 35.5. The Bertz CT molecular complexity index is 998. The average Bonchev–Trinajstić information content (AvgIpc) is 3.11. The second-order valence-corrected chi connectivity index (χ2v) is 9.29. The molecule has 1 aliphatic carbocycles. The number of carbonyl (C=O) groups is 2. The van der Waals surface area contributed by atoms with Gasteiger partial charge in [-0.1, -0.05) is 48.3 Å². The molecule has 1 saturated carbocycles. The lowest BCUT2D eigenvalue weighted by molar-refractivity contribution is -0.147. The van der Waals surface area contributed by atoms with Crippen LogP contribution in [-0.4, -0.2) is 24.4 Å². The van der Waals surface area contributed by atoms with Crippen LogP contribution in [0.1, 0.15) is 50.2 Å². The number of nitrogens with one attached hydrogen (secondary N) is 1. The first-order valence-corrected chi connectivity index (χ1v) is 11.8. The Labute approximate surface area is 202 Å². The van der Waals surface area contributed by atoms with Crippen molar-refractivity contribution in [3.05, 3.63) is 63.6 Å². The summed E-state index contributed by atoms with van der Waals surface area (Å²) < 4.78 is 34.4. The van der Waals surface area contributed by atoms with Crippen molar-refractivity contribution in [1.29, 1.82) is 0 Å². The van der Waals surface area contributed by atoms with Crippen molar-refractivity contribution >= 4 is 40.8 Å². The van der Waals surface area contributed by atoms with Crippen molar-refractivity contribution in [3.8, 4) is 0 Å². The van der Waals surface area contributed by atoms with Crippen LogP contribution in [0.4, 0.5) is 14.5 Å². The Morgan fingerprint density at radius 2 is 1.88 bits per heavy atom. The van der Waals surface area contributed by atoms with Gasteiger partial charge < -0.3 is 10.1 Å². The Kier molecular flexibility index (Phi) is 8.35. The van der Waals surface area contributed by atoms with E-state index in [1.165, 1.54) is 0 Å². The van der Waals surface area contributed by atoms with E-state index in [0.717, 1.165) is 5.56 Å². The van der Waals surface area contributed by atoms with Crippen molar-refractivity contribution in [1.82, 2.24) is 0 Å². The molecule has 1 amide bonds. The van der Waals surface area contributed by atoms with Crippen molar-refractivity contribution in [2.24, 2.45) is 11.8 Å². The molecular formula is C25H27Cl2F2NO3. The molecule has 2 aromatic carbocycles. The zero-order valence-corrected chi connectivity index (χ0v) is 20.1. The average molecular weight is 498 g/mol. The number of alkyl halides is 2. The van der Waals surface area contributed by atoms with Crippen LogP contribution in [0.15, 0.2) is 42.5 Å². The molecule has 0 aliphatic heterocycles. The molecule has 0 heterocycles. The third kappa shape index (κ3) is 6.24. The zero-order valence-electron chi connectivity index (χ0n) is 18.5. The first-order valence-electron chi connectivity index (χ1n) is 11.0. The number of ether oxygens (including phenoxy) is 1. The van der Waals surface area contributed by atoms with E-state index < -0.39 is 23.7 Å². The molecule has 2 aromatic rings. The monoisotopic (exact) mass is 497 g/mol. The number of halogens is 4. The molecule has 178 valence electrons. The number of esters is 1. The Morgan fingerprint density at radius 3 is 2.48 bits per heavy atom. The van der Waals surface area contributed by atoms with Crippen LogP contribution in [0, 0.1) is 11.8 Å². The molecule has 0 saturated heterocycles. The van der Waals surface area contributed by atoms with Crippen molar-refractivity contribution in [2.45, 2.75) is 51.4 Å². The summed E-state index contributed by atoms with van der Waals surface area (Å²) in [4.78, 5) is 25.3. The lowest BCUT2D eigenvalue weighted by Gasteiger charge is -2.28. The molecule has 0 bridgehead atoms. The van der Waals surface area contributed by atoms with Gasteiger partial charge in [0.05, 0.1) is 29.2 Å².